The molecule has 0 N–H and O–H groups in total. The average Bonchev–Trinajstić information content (AvgIpc) is 2.17. The molecule has 0 aliphatic rings. The number of hydrogen-bond acceptors (Lipinski definition) is 2. The van der Waals surface area contributed by atoms with E-state index in [-0.39, 0.29) is 0 Å². The molecule has 8 heteroatoms. The van der Waals surface area contributed by atoms with E-state index in [2.05, 4.69) is 15.9 Å². The Balaban J connectivity index is 3.16. The van der Waals surface area contributed by atoms with Gasteiger partial charge in [-0.2, -0.15) is 0 Å². The molecule has 84 valence electrons. The molecule has 1 aromatic carbocycles. The fourth-order valence-electron chi connectivity index (χ4n) is 0.914. The van der Waals surface area contributed by atoms with Gasteiger partial charge in [0.2, 0.25) is 0 Å². The van der Waals surface area contributed by atoms with Crippen molar-refractivity contribution in [3.8, 4) is 0 Å². The van der Waals surface area contributed by atoms with E-state index in [4.69, 9.17) is 11.6 Å². The van der Waals surface area contributed by atoms with Gasteiger partial charge in [0.05, 0.1) is 10.7 Å². The number of alkyl halides is 1. The van der Waals surface area contributed by atoms with Crippen molar-refractivity contribution in [2.75, 3.05) is 0 Å². The van der Waals surface area contributed by atoms with Crippen molar-refractivity contribution in [1.82, 2.24) is 10.7 Å². The van der Waals surface area contributed by atoms with E-state index < -0.39 is 21.4 Å². The van der Waals surface area contributed by atoms with Gasteiger partial charge in [-0.3, -0.25) is 0 Å². The molecule has 0 saturated carbocycles. The third-order valence-electron chi connectivity index (χ3n) is 1.66. The Kier molecular flexibility index (Phi) is 3.93. The molecule has 0 bridgehead atoms. The highest BCUT2D eigenvalue weighted by molar-refractivity contribution is 9.10. The predicted molar refractivity (Wildman–Crippen MR) is 49.8 cm³/mol. The molecule has 2 nitrogen and oxygen atoms in total. The highest BCUT2D eigenvalue weighted by atomic mass is 79.9. The summed E-state index contributed by atoms with van der Waals surface area (Å²) in [6.45, 7) is 0. The fraction of sp³-hybridized carbons (Fsp3) is 0.143. The summed E-state index contributed by atoms with van der Waals surface area (Å²) >= 11 is 8.16. The zero-order valence-corrected chi connectivity index (χ0v) is 9.31. The first kappa shape index (κ1) is 12.7. The second-order valence-corrected chi connectivity index (χ2v) is 4.00. The Hall–Kier alpha value is -0.370. The smallest absolute Gasteiger partial charge is 0.0976 e. The molecule has 0 heterocycles. The van der Waals surface area contributed by atoms with E-state index >= 15 is 0 Å². The van der Waals surface area contributed by atoms with E-state index in [1.54, 1.807) is 0 Å². The molecular weight excluding hydrogens is 303 g/mol. The maximum absolute atomic E-state index is 12.3. The summed E-state index contributed by atoms with van der Waals surface area (Å²) < 4.78 is 49.7. The van der Waals surface area contributed by atoms with Gasteiger partial charge in [-0.05, 0) is 12.1 Å². The lowest BCUT2D eigenvalue weighted by Crippen LogP contribution is -2.40. The summed E-state index contributed by atoms with van der Waals surface area (Å²) in [4.78, 5) is 0. The van der Waals surface area contributed by atoms with Gasteiger partial charge in [0.25, 0.3) is 5.12 Å². The Bertz CT molecular complexity index is 324. The SMILES string of the molecule is FN(F)C(Cl)(c1ccc(Br)cc1)N(F)F. The minimum atomic E-state index is -3.26. The van der Waals surface area contributed by atoms with Crippen LogP contribution in [0.5, 0.6) is 0 Å². The van der Waals surface area contributed by atoms with E-state index in [0.717, 1.165) is 12.1 Å². The molecule has 0 spiro atoms. The second-order valence-electron chi connectivity index (χ2n) is 2.56. The lowest BCUT2D eigenvalue weighted by Gasteiger charge is -2.26. The van der Waals surface area contributed by atoms with Gasteiger partial charge in [0, 0.05) is 10.0 Å². The van der Waals surface area contributed by atoms with Gasteiger partial charge in [-0.15, -0.1) is 0 Å². The van der Waals surface area contributed by atoms with Crippen molar-refractivity contribution in [2.24, 2.45) is 0 Å². The number of nitrogens with zero attached hydrogens (tertiary/aromatic N) is 2. The minimum Gasteiger partial charge on any atom is -0.0976 e. The largest absolute Gasteiger partial charge is 0.293 e. The van der Waals surface area contributed by atoms with Gasteiger partial charge in [0.1, 0.15) is 0 Å². The molecule has 0 aliphatic heterocycles. The molecule has 0 aromatic heterocycles. The van der Waals surface area contributed by atoms with Gasteiger partial charge >= 0.3 is 0 Å². The average molecular weight is 307 g/mol. The molecule has 0 radical (unpaired) electrons. The molecule has 0 fully saturated rings. The van der Waals surface area contributed by atoms with Gasteiger partial charge in [0.15, 0.2) is 0 Å². The Labute approximate surface area is 95.9 Å². The normalized spacial score (nSPS) is 12.5. The van der Waals surface area contributed by atoms with Crippen molar-refractivity contribution in [1.29, 1.82) is 0 Å². The van der Waals surface area contributed by atoms with Crippen LogP contribution in [0.15, 0.2) is 28.7 Å². The summed E-state index contributed by atoms with van der Waals surface area (Å²) in [5.41, 5.74) is -0.442. The van der Waals surface area contributed by atoms with Crippen LogP contribution in [0.3, 0.4) is 0 Å². The van der Waals surface area contributed by atoms with Crippen molar-refractivity contribution < 1.29 is 17.9 Å². The van der Waals surface area contributed by atoms with E-state index in [1.165, 1.54) is 12.1 Å². The first-order chi connectivity index (χ1) is 6.89. The van der Waals surface area contributed by atoms with Crippen LogP contribution in [0.4, 0.5) is 17.9 Å². The monoisotopic (exact) mass is 306 g/mol. The van der Waals surface area contributed by atoms with E-state index in [0.29, 0.717) is 4.47 Å². The molecule has 1 aromatic rings. The molecule has 0 saturated heterocycles. The predicted octanol–water partition coefficient (Wildman–Crippen LogP) is 3.94. The van der Waals surface area contributed by atoms with Crippen LogP contribution in [0.25, 0.3) is 0 Å². The molecule has 0 aliphatic carbocycles. The molecule has 0 unspecified atom stereocenters. The van der Waals surface area contributed by atoms with Crippen molar-refractivity contribution in [3.63, 3.8) is 0 Å². The lowest BCUT2D eigenvalue weighted by atomic mass is 10.2. The molecule has 0 atom stereocenters. The first-order valence-corrected chi connectivity index (χ1v) is 4.74. The Morgan fingerprint density at radius 3 is 1.73 bits per heavy atom. The zero-order chi connectivity index (χ0) is 11.6. The van der Waals surface area contributed by atoms with Crippen LogP contribution in [0, 0.1) is 0 Å². The number of benzene rings is 1. The van der Waals surface area contributed by atoms with Crippen molar-refractivity contribution >= 4 is 27.5 Å². The molecular formula is C7H4BrClF4N2. The van der Waals surface area contributed by atoms with Crippen molar-refractivity contribution in [3.05, 3.63) is 34.3 Å². The van der Waals surface area contributed by atoms with Crippen molar-refractivity contribution in [2.45, 2.75) is 5.12 Å². The van der Waals surface area contributed by atoms with Crippen LogP contribution in [0.1, 0.15) is 5.56 Å². The summed E-state index contributed by atoms with van der Waals surface area (Å²) in [5.74, 6) is 0. The third-order valence-corrected chi connectivity index (χ3v) is 2.66. The number of hydrogen-bond donors (Lipinski definition) is 0. The van der Waals surface area contributed by atoms with Crippen LogP contribution in [-0.4, -0.2) is 10.7 Å². The quantitative estimate of drug-likeness (QED) is 0.274. The zero-order valence-electron chi connectivity index (χ0n) is 6.97. The minimum absolute atomic E-state index is 0.442. The Morgan fingerprint density at radius 2 is 1.40 bits per heavy atom. The van der Waals surface area contributed by atoms with Gasteiger partial charge in [-0.1, -0.05) is 57.6 Å². The Morgan fingerprint density at radius 1 is 1.00 bits per heavy atom. The van der Waals surface area contributed by atoms with E-state index in [1.807, 2.05) is 0 Å². The number of rotatable bonds is 3. The van der Waals surface area contributed by atoms with E-state index in [9.17, 15) is 17.9 Å². The van der Waals surface area contributed by atoms with Gasteiger partial charge < -0.3 is 0 Å². The fourth-order valence-corrected chi connectivity index (χ4v) is 1.30. The maximum atomic E-state index is 12.3. The molecule has 1 rings (SSSR count). The first-order valence-electron chi connectivity index (χ1n) is 3.57. The van der Waals surface area contributed by atoms with Crippen LogP contribution in [-0.2, 0) is 5.12 Å². The highest BCUT2D eigenvalue weighted by Gasteiger charge is 2.47. The maximum Gasteiger partial charge on any atom is 0.293 e. The summed E-state index contributed by atoms with van der Waals surface area (Å²) in [7, 11) is 0. The van der Waals surface area contributed by atoms with Crippen LogP contribution in [0.2, 0.25) is 0 Å². The van der Waals surface area contributed by atoms with Crippen LogP contribution >= 0.6 is 27.5 Å². The van der Waals surface area contributed by atoms with Crippen LogP contribution < -0.4 is 0 Å². The molecule has 15 heavy (non-hydrogen) atoms. The summed E-state index contributed by atoms with van der Waals surface area (Å²) in [5, 5.41) is -6.80. The number of halogens is 6. The van der Waals surface area contributed by atoms with Gasteiger partial charge in [-0.25, -0.2) is 0 Å². The summed E-state index contributed by atoms with van der Waals surface area (Å²) in [6, 6.07) is 4.80. The molecule has 0 amide bonds. The lowest BCUT2D eigenvalue weighted by molar-refractivity contribution is -0.344. The highest BCUT2D eigenvalue weighted by Crippen LogP contribution is 2.38. The topological polar surface area (TPSA) is 6.48 Å². The standard InChI is InChI=1S/C7H4BrClF4N2/c8-6-3-1-5(2-4-6)7(9,14(10)11)15(12)13/h1-4H. The summed E-state index contributed by atoms with van der Waals surface area (Å²) in [6.07, 6.45) is 0. The third kappa shape index (κ3) is 2.41. The second kappa shape index (κ2) is 4.65.